The lowest BCUT2D eigenvalue weighted by Gasteiger charge is -2.12. The fraction of sp³-hybridized carbons (Fsp3) is 0.200. The summed E-state index contributed by atoms with van der Waals surface area (Å²) in [4.78, 5) is 1.71. The molecule has 0 aliphatic carbocycles. The van der Waals surface area contributed by atoms with Gasteiger partial charge in [0.05, 0.1) is 9.79 Å². The zero-order valence-corrected chi connectivity index (χ0v) is 12.5. The Kier molecular flexibility index (Phi) is 4.39. The third-order valence-corrected chi connectivity index (χ3v) is 4.71. The van der Waals surface area contributed by atoms with Gasteiger partial charge in [0, 0.05) is 12.1 Å². The standard InChI is InChI=1S/C15H15F2NO2S/c1-18(2)10-11-9-14(7-8-15(11)17)21(19,20)13-5-3-12(16)4-6-13/h3-9H,10H2,1-2H3. The van der Waals surface area contributed by atoms with E-state index in [4.69, 9.17) is 0 Å². The van der Waals surface area contributed by atoms with Crippen molar-refractivity contribution in [3.05, 3.63) is 59.7 Å². The highest BCUT2D eigenvalue weighted by atomic mass is 32.2. The van der Waals surface area contributed by atoms with E-state index in [1.54, 1.807) is 19.0 Å². The molecule has 0 atom stereocenters. The number of sulfone groups is 1. The molecule has 0 fully saturated rings. The highest BCUT2D eigenvalue weighted by molar-refractivity contribution is 7.91. The average Bonchev–Trinajstić information content (AvgIpc) is 2.41. The maximum Gasteiger partial charge on any atom is 0.206 e. The van der Waals surface area contributed by atoms with Crippen molar-refractivity contribution in [3.63, 3.8) is 0 Å². The fourth-order valence-corrected chi connectivity index (χ4v) is 3.24. The summed E-state index contributed by atoms with van der Waals surface area (Å²) in [6, 6.07) is 8.21. The van der Waals surface area contributed by atoms with E-state index in [0.717, 1.165) is 18.2 Å². The van der Waals surface area contributed by atoms with E-state index in [-0.39, 0.29) is 9.79 Å². The Morgan fingerprint density at radius 2 is 1.52 bits per heavy atom. The van der Waals surface area contributed by atoms with E-state index in [9.17, 15) is 17.2 Å². The van der Waals surface area contributed by atoms with Crippen LogP contribution in [0.25, 0.3) is 0 Å². The minimum atomic E-state index is -3.78. The van der Waals surface area contributed by atoms with Crippen LogP contribution >= 0.6 is 0 Å². The minimum absolute atomic E-state index is 0.00708. The van der Waals surface area contributed by atoms with E-state index in [1.807, 2.05) is 0 Å². The second-order valence-electron chi connectivity index (χ2n) is 4.95. The van der Waals surface area contributed by atoms with Gasteiger partial charge < -0.3 is 4.90 Å². The molecule has 0 heterocycles. The number of halogens is 2. The number of hydrogen-bond acceptors (Lipinski definition) is 3. The summed E-state index contributed by atoms with van der Waals surface area (Å²) in [6.07, 6.45) is 0. The molecule has 0 aliphatic rings. The molecule has 6 heteroatoms. The molecule has 112 valence electrons. The van der Waals surface area contributed by atoms with Gasteiger partial charge in [-0.15, -0.1) is 0 Å². The molecule has 0 N–H and O–H groups in total. The van der Waals surface area contributed by atoms with Crippen LogP contribution in [-0.4, -0.2) is 27.4 Å². The van der Waals surface area contributed by atoms with Crippen LogP contribution in [-0.2, 0) is 16.4 Å². The third kappa shape index (κ3) is 3.46. The first-order valence-corrected chi connectivity index (χ1v) is 7.73. The van der Waals surface area contributed by atoms with Crippen molar-refractivity contribution in [1.82, 2.24) is 4.90 Å². The van der Waals surface area contributed by atoms with Gasteiger partial charge in [-0.25, -0.2) is 17.2 Å². The Bertz CT molecular complexity index is 741. The topological polar surface area (TPSA) is 37.4 Å². The van der Waals surface area contributed by atoms with Gasteiger partial charge in [0.2, 0.25) is 9.84 Å². The maximum absolute atomic E-state index is 13.7. The fourth-order valence-electron chi connectivity index (χ4n) is 1.93. The van der Waals surface area contributed by atoms with Gasteiger partial charge in [-0.2, -0.15) is 0 Å². The first-order chi connectivity index (χ1) is 9.80. The molecule has 0 amide bonds. The van der Waals surface area contributed by atoms with Crippen LogP contribution in [0.2, 0.25) is 0 Å². The molecule has 2 aromatic rings. The molecule has 2 rings (SSSR count). The smallest absolute Gasteiger partial charge is 0.206 e. The molecule has 0 spiro atoms. The van der Waals surface area contributed by atoms with Crippen LogP contribution in [0, 0.1) is 11.6 Å². The SMILES string of the molecule is CN(C)Cc1cc(S(=O)(=O)c2ccc(F)cc2)ccc1F. The summed E-state index contributed by atoms with van der Waals surface area (Å²) in [5.41, 5.74) is 0.295. The van der Waals surface area contributed by atoms with E-state index < -0.39 is 21.5 Å². The Labute approximate surface area is 122 Å². The summed E-state index contributed by atoms with van der Waals surface area (Å²) >= 11 is 0. The molecule has 0 aromatic heterocycles. The monoisotopic (exact) mass is 311 g/mol. The van der Waals surface area contributed by atoms with Crippen LogP contribution in [0.5, 0.6) is 0 Å². The summed E-state index contributed by atoms with van der Waals surface area (Å²) in [6.45, 7) is 0.290. The number of rotatable bonds is 4. The van der Waals surface area contributed by atoms with Crippen molar-refractivity contribution in [2.75, 3.05) is 14.1 Å². The molecule has 0 aliphatic heterocycles. The Morgan fingerprint density at radius 3 is 2.10 bits per heavy atom. The third-order valence-electron chi connectivity index (χ3n) is 2.94. The van der Waals surface area contributed by atoms with Crippen LogP contribution in [0.3, 0.4) is 0 Å². The summed E-state index contributed by atoms with van der Waals surface area (Å²) in [5.74, 6) is -0.969. The molecule has 21 heavy (non-hydrogen) atoms. The van der Waals surface area contributed by atoms with Gasteiger partial charge in [0.15, 0.2) is 0 Å². The molecule has 0 radical (unpaired) electrons. The molecular formula is C15H15F2NO2S. The van der Waals surface area contributed by atoms with Crippen molar-refractivity contribution >= 4 is 9.84 Å². The van der Waals surface area contributed by atoms with Crippen LogP contribution in [0.15, 0.2) is 52.3 Å². The first-order valence-electron chi connectivity index (χ1n) is 6.24. The Balaban J connectivity index is 2.47. The normalized spacial score (nSPS) is 11.9. The Morgan fingerprint density at radius 1 is 0.952 bits per heavy atom. The minimum Gasteiger partial charge on any atom is -0.305 e. The van der Waals surface area contributed by atoms with Crippen molar-refractivity contribution in [2.24, 2.45) is 0 Å². The van der Waals surface area contributed by atoms with Crippen molar-refractivity contribution in [1.29, 1.82) is 0 Å². The predicted octanol–water partition coefficient (Wildman–Crippen LogP) is 2.86. The first kappa shape index (κ1) is 15.6. The van der Waals surface area contributed by atoms with Gasteiger partial charge >= 0.3 is 0 Å². The molecule has 0 unspecified atom stereocenters. The highest BCUT2D eigenvalue weighted by Crippen LogP contribution is 2.23. The van der Waals surface area contributed by atoms with Gasteiger partial charge in [0.1, 0.15) is 11.6 Å². The van der Waals surface area contributed by atoms with Crippen molar-refractivity contribution < 1.29 is 17.2 Å². The van der Waals surface area contributed by atoms with Crippen molar-refractivity contribution in [2.45, 2.75) is 16.3 Å². The average molecular weight is 311 g/mol. The summed E-state index contributed by atoms with van der Waals surface area (Å²) in [7, 11) is -0.254. The van der Waals surface area contributed by atoms with Crippen LogP contribution in [0.4, 0.5) is 8.78 Å². The largest absolute Gasteiger partial charge is 0.305 e. The molecule has 0 saturated heterocycles. The van der Waals surface area contributed by atoms with E-state index >= 15 is 0 Å². The second kappa shape index (κ2) is 5.91. The maximum atomic E-state index is 13.7. The molecule has 3 nitrogen and oxygen atoms in total. The van der Waals surface area contributed by atoms with Gasteiger partial charge in [-0.3, -0.25) is 0 Å². The zero-order valence-electron chi connectivity index (χ0n) is 11.7. The summed E-state index contributed by atoms with van der Waals surface area (Å²) in [5, 5.41) is 0. The second-order valence-corrected chi connectivity index (χ2v) is 6.90. The number of hydrogen-bond donors (Lipinski definition) is 0. The molecular weight excluding hydrogens is 296 g/mol. The quantitative estimate of drug-likeness (QED) is 0.815. The molecule has 0 saturated carbocycles. The van der Waals surface area contributed by atoms with Crippen molar-refractivity contribution in [3.8, 4) is 0 Å². The van der Waals surface area contributed by atoms with E-state index in [0.29, 0.717) is 12.1 Å². The lowest BCUT2D eigenvalue weighted by atomic mass is 10.2. The van der Waals surface area contributed by atoms with Gasteiger partial charge in [-0.05, 0) is 56.6 Å². The lowest BCUT2D eigenvalue weighted by molar-refractivity contribution is 0.392. The van der Waals surface area contributed by atoms with Gasteiger partial charge in [0.25, 0.3) is 0 Å². The highest BCUT2D eigenvalue weighted by Gasteiger charge is 2.19. The molecule has 2 aromatic carbocycles. The van der Waals surface area contributed by atoms with E-state index in [2.05, 4.69) is 0 Å². The number of nitrogens with zero attached hydrogens (tertiary/aromatic N) is 1. The van der Waals surface area contributed by atoms with Crippen LogP contribution in [0.1, 0.15) is 5.56 Å². The zero-order chi connectivity index (χ0) is 15.6. The van der Waals surface area contributed by atoms with E-state index in [1.165, 1.54) is 24.3 Å². The Hall–Kier alpha value is -1.79. The van der Waals surface area contributed by atoms with Crippen LogP contribution < -0.4 is 0 Å². The molecule has 0 bridgehead atoms. The predicted molar refractivity (Wildman–Crippen MR) is 75.6 cm³/mol. The van der Waals surface area contributed by atoms with Gasteiger partial charge in [-0.1, -0.05) is 0 Å². The summed E-state index contributed by atoms with van der Waals surface area (Å²) < 4.78 is 51.5. The lowest BCUT2D eigenvalue weighted by Crippen LogP contribution is -2.13. The number of benzene rings is 2.